The molecule has 1 fully saturated rings. The van der Waals surface area contributed by atoms with E-state index in [9.17, 15) is 9.59 Å². The highest BCUT2D eigenvalue weighted by Crippen LogP contribution is 2.37. The van der Waals surface area contributed by atoms with Crippen LogP contribution in [0.2, 0.25) is 0 Å². The van der Waals surface area contributed by atoms with Gasteiger partial charge in [-0.3, -0.25) is 9.59 Å². The van der Waals surface area contributed by atoms with Crippen molar-refractivity contribution in [2.24, 2.45) is 18.7 Å². The molecule has 0 bridgehead atoms. The Morgan fingerprint density at radius 1 is 1.14 bits per heavy atom. The fourth-order valence-electron chi connectivity index (χ4n) is 5.04. The molecule has 180 valence electrons. The van der Waals surface area contributed by atoms with Crippen molar-refractivity contribution in [3.8, 4) is 16.9 Å². The second kappa shape index (κ2) is 9.38. The van der Waals surface area contributed by atoms with Crippen LogP contribution >= 0.6 is 0 Å². The quantitative estimate of drug-likeness (QED) is 0.463. The van der Waals surface area contributed by atoms with Crippen LogP contribution in [0.15, 0.2) is 65.8 Å². The van der Waals surface area contributed by atoms with E-state index in [1.807, 2.05) is 24.3 Å². The Morgan fingerprint density at radius 2 is 1.89 bits per heavy atom. The second-order valence-electron chi connectivity index (χ2n) is 8.93. The molecule has 1 atom stereocenters. The van der Waals surface area contributed by atoms with Gasteiger partial charge in [-0.05, 0) is 48.1 Å². The van der Waals surface area contributed by atoms with Crippen molar-refractivity contribution < 1.29 is 14.3 Å². The van der Waals surface area contributed by atoms with Crippen LogP contribution in [0.3, 0.4) is 0 Å². The normalized spacial score (nSPS) is 15.3. The Kier molecular flexibility index (Phi) is 6.13. The molecular weight excluding hydrogens is 444 g/mol. The van der Waals surface area contributed by atoms with Crippen molar-refractivity contribution >= 4 is 16.9 Å². The van der Waals surface area contributed by atoms with Gasteiger partial charge in [-0.25, -0.2) is 4.98 Å². The average molecular weight is 473 g/mol. The number of ether oxygens (including phenoxy) is 2. The first kappa shape index (κ1) is 22.9. The second-order valence-corrected chi connectivity index (χ2v) is 8.93. The molecule has 1 saturated heterocycles. The van der Waals surface area contributed by atoms with Crippen molar-refractivity contribution in [1.29, 1.82) is 0 Å². The van der Waals surface area contributed by atoms with Gasteiger partial charge in [0.1, 0.15) is 5.52 Å². The van der Waals surface area contributed by atoms with Gasteiger partial charge in [0.25, 0.3) is 11.5 Å². The van der Waals surface area contributed by atoms with E-state index in [-0.39, 0.29) is 17.4 Å². The van der Waals surface area contributed by atoms with E-state index >= 15 is 0 Å². The number of rotatable bonds is 6. The van der Waals surface area contributed by atoms with E-state index in [0.717, 1.165) is 42.7 Å². The summed E-state index contributed by atoms with van der Waals surface area (Å²) in [4.78, 5) is 29.4. The minimum atomic E-state index is -0.554. The van der Waals surface area contributed by atoms with Crippen LogP contribution in [-0.2, 0) is 11.8 Å². The van der Waals surface area contributed by atoms with Crippen LogP contribution in [0.1, 0.15) is 34.8 Å². The van der Waals surface area contributed by atoms with Crippen LogP contribution in [0, 0.1) is 5.92 Å². The lowest BCUT2D eigenvalue weighted by molar-refractivity contribution is 0.0547. The number of hydrogen-bond donors (Lipinski definition) is 1. The monoisotopic (exact) mass is 472 g/mol. The molecule has 4 aromatic rings. The summed E-state index contributed by atoms with van der Waals surface area (Å²) in [5, 5.41) is 0. The molecule has 0 radical (unpaired) electrons. The highest BCUT2D eigenvalue weighted by molar-refractivity contribution is 6.06. The molecule has 5 rings (SSSR count). The fraction of sp³-hybridized carbons (Fsp3) is 0.296. The average Bonchev–Trinajstić information content (AvgIpc) is 3.30. The Bertz CT molecular complexity index is 1440. The predicted octanol–water partition coefficient (Wildman–Crippen LogP) is 3.53. The summed E-state index contributed by atoms with van der Waals surface area (Å²) in [5.41, 5.74) is 9.93. The summed E-state index contributed by atoms with van der Waals surface area (Å²) in [6, 6.07) is 15.8. The van der Waals surface area contributed by atoms with Gasteiger partial charge in [0, 0.05) is 32.0 Å². The van der Waals surface area contributed by atoms with Gasteiger partial charge in [-0.2, -0.15) is 0 Å². The SMILES string of the molecule is COc1cc(-c2cc(C(N)=O)c3ncn([C@H](c4ccccc4)C4CCOCC4)c3c2)cn(C)c1=O. The lowest BCUT2D eigenvalue weighted by atomic mass is 9.86. The number of benzene rings is 2. The Hall–Kier alpha value is -3.91. The van der Waals surface area contributed by atoms with Crippen molar-refractivity contribution in [2.75, 3.05) is 20.3 Å². The molecule has 35 heavy (non-hydrogen) atoms. The molecule has 3 heterocycles. The number of nitrogens with two attached hydrogens (primary N) is 1. The van der Waals surface area contributed by atoms with E-state index in [1.165, 1.54) is 17.2 Å². The van der Waals surface area contributed by atoms with Crippen LogP contribution < -0.4 is 16.0 Å². The van der Waals surface area contributed by atoms with Gasteiger partial charge in [0.15, 0.2) is 5.75 Å². The number of aromatic nitrogens is 3. The number of hydrogen-bond acceptors (Lipinski definition) is 5. The van der Waals surface area contributed by atoms with Crippen molar-refractivity contribution in [1.82, 2.24) is 14.1 Å². The standard InChI is InChI=1S/C27H28N4O4/c1-30-15-20(14-23(34-2)27(30)33)19-12-21(26(28)32)24-22(13-19)31(16-29-24)25(17-6-4-3-5-7-17)18-8-10-35-11-9-18/h3-7,12-16,18,25H,8-11H2,1-2H3,(H2,28,32)/t25-/m1/s1. The highest BCUT2D eigenvalue weighted by atomic mass is 16.5. The summed E-state index contributed by atoms with van der Waals surface area (Å²) in [6.07, 6.45) is 5.39. The lowest BCUT2D eigenvalue weighted by Gasteiger charge is -2.32. The zero-order chi connectivity index (χ0) is 24.5. The first-order chi connectivity index (χ1) is 17.0. The molecule has 2 N–H and O–H groups in total. The number of imidazole rings is 1. The molecule has 0 unspecified atom stereocenters. The van der Waals surface area contributed by atoms with Crippen LogP contribution in [-0.4, -0.2) is 40.3 Å². The number of amides is 1. The molecule has 8 heteroatoms. The molecule has 1 aliphatic rings. The zero-order valence-corrected chi connectivity index (χ0v) is 19.8. The number of carbonyl (C=O) groups excluding carboxylic acids is 1. The number of pyridine rings is 1. The Morgan fingerprint density at radius 3 is 2.57 bits per heavy atom. The summed E-state index contributed by atoms with van der Waals surface area (Å²) >= 11 is 0. The zero-order valence-electron chi connectivity index (χ0n) is 19.8. The van der Waals surface area contributed by atoms with E-state index < -0.39 is 5.91 Å². The summed E-state index contributed by atoms with van der Waals surface area (Å²) in [5.74, 6) is 0.0201. The van der Waals surface area contributed by atoms with Crippen LogP contribution in [0.4, 0.5) is 0 Å². The fourth-order valence-corrected chi connectivity index (χ4v) is 5.04. The number of fused-ring (bicyclic) bond motifs is 1. The molecular formula is C27H28N4O4. The third kappa shape index (κ3) is 4.21. The van der Waals surface area contributed by atoms with Gasteiger partial charge in [0.2, 0.25) is 0 Å². The minimum absolute atomic E-state index is 0.0238. The molecule has 0 saturated carbocycles. The van der Waals surface area contributed by atoms with E-state index in [1.54, 1.807) is 31.7 Å². The first-order valence-electron chi connectivity index (χ1n) is 11.7. The van der Waals surface area contributed by atoms with Gasteiger partial charge >= 0.3 is 0 Å². The maximum Gasteiger partial charge on any atom is 0.292 e. The van der Waals surface area contributed by atoms with E-state index in [0.29, 0.717) is 17.0 Å². The summed E-state index contributed by atoms with van der Waals surface area (Å²) in [7, 11) is 3.13. The number of methoxy groups -OCH3 is 1. The first-order valence-corrected chi connectivity index (χ1v) is 11.7. The van der Waals surface area contributed by atoms with Crippen molar-refractivity contribution in [2.45, 2.75) is 18.9 Å². The molecule has 2 aromatic carbocycles. The van der Waals surface area contributed by atoms with Gasteiger partial charge in [0.05, 0.1) is 30.6 Å². The summed E-state index contributed by atoms with van der Waals surface area (Å²) < 4.78 is 14.5. The van der Waals surface area contributed by atoms with Gasteiger partial charge in [-0.15, -0.1) is 0 Å². The maximum absolute atomic E-state index is 12.5. The number of aryl methyl sites for hydroxylation is 1. The predicted molar refractivity (Wildman–Crippen MR) is 134 cm³/mol. The van der Waals surface area contributed by atoms with Crippen molar-refractivity contribution in [3.63, 3.8) is 0 Å². The number of nitrogens with zero attached hydrogens (tertiary/aromatic N) is 3. The lowest BCUT2D eigenvalue weighted by Crippen LogP contribution is -2.26. The molecule has 8 nitrogen and oxygen atoms in total. The van der Waals surface area contributed by atoms with Crippen LogP contribution in [0.5, 0.6) is 5.75 Å². The largest absolute Gasteiger partial charge is 0.491 e. The molecule has 2 aromatic heterocycles. The van der Waals surface area contributed by atoms with Crippen LogP contribution in [0.25, 0.3) is 22.2 Å². The van der Waals surface area contributed by atoms with Gasteiger partial charge < -0.3 is 24.3 Å². The van der Waals surface area contributed by atoms with E-state index in [4.69, 9.17) is 15.2 Å². The molecule has 0 aliphatic carbocycles. The Balaban J connectivity index is 1.74. The molecule has 0 spiro atoms. The topological polar surface area (TPSA) is 101 Å². The maximum atomic E-state index is 12.5. The third-order valence-electron chi connectivity index (χ3n) is 6.80. The number of carbonyl (C=O) groups is 1. The molecule has 1 amide bonds. The number of primary amides is 1. The van der Waals surface area contributed by atoms with Gasteiger partial charge in [-0.1, -0.05) is 30.3 Å². The minimum Gasteiger partial charge on any atom is -0.491 e. The summed E-state index contributed by atoms with van der Waals surface area (Å²) in [6.45, 7) is 1.44. The van der Waals surface area contributed by atoms with E-state index in [2.05, 4.69) is 21.7 Å². The third-order valence-corrected chi connectivity index (χ3v) is 6.80. The molecule has 1 aliphatic heterocycles. The highest BCUT2D eigenvalue weighted by Gasteiger charge is 2.29. The van der Waals surface area contributed by atoms with Crippen molar-refractivity contribution in [3.05, 3.63) is 82.5 Å². The Labute approximate surface area is 202 Å². The smallest absolute Gasteiger partial charge is 0.292 e.